The lowest BCUT2D eigenvalue weighted by Crippen LogP contribution is -2.17. The first-order valence-electron chi connectivity index (χ1n) is 6.43. The largest absolute Gasteiger partial charge is 0.497 e. The van der Waals surface area contributed by atoms with Gasteiger partial charge in [0.25, 0.3) is 5.91 Å². The third kappa shape index (κ3) is 5.12. The first-order valence-corrected chi connectivity index (χ1v) is 6.43. The summed E-state index contributed by atoms with van der Waals surface area (Å²) in [7, 11) is 3.40. The summed E-state index contributed by atoms with van der Waals surface area (Å²) in [6.07, 6.45) is 0. The minimum Gasteiger partial charge on any atom is -0.497 e. The van der Waals surface area contributed by atoms with Crippen molar-refractivity contribution >= 4 is 12.7 Å². The summed E-state index contributed by atoms with van der Waals surface area (Å²) in [4.78, 5) is 21.2. The van der Waals surface area contributed by atoms with Crippen LogP contribution in [0.25, 0.3) is 0 Å². The molecule has 0 radical (unpaired) electrons. The Bertz CT molecular complexity index is 378. The molecule has 0 aliphatic carbocycles. The molecule has 0 spiro atoms. The van der Waals surface area contributed by atoms with Gasteiger partial charge in [-0.05, 0) is 17.7 Å². The van der Waals surface area contributed by atoms with Crippen LogP contribution in [0.2, 0.25) is 0 Å². The lowest BCUT2D eigenvalue weighted by Gasteiger charge is -2.04. The lowest BCUT2D eigenvalue weighted by atomic mass is 10.1. The Kier molecular flexibility index (Phi) is 11.6. The molecule has 4 nitrogen and oxygen atoms in total. The van der Waals surface area contributed by atoms with E-state index < -0.39 is 0 Å². The van der Waals surface area contributed by atoms with Crippen LogP contribution in [0.1, 0.15) is 43.6 Å². The number of rotatable bonds is 1. The number of carbonyl (C=O) groups is 2. The number of amides is 1. The predicted molar refractivity (Wildman–Crippen MR) is 78.6 cm³/mol. The Morgan fingerprint density at radius 1 is 1.16 bits per heavy atom. The van der Waals surface area contributed by atoms with E-state index in [0.29, 0.717) is 6.54 Å². The highest BCUT2D eigenvalue weighted by Gasteiger charge is 2.24. The van der Waals surface area contributed by atoms with Gasteiger partial charge >= 0.3 is 0 Å². The second kappa shape index (κ2) is 11.3. The molecular weight excluding hydrogens is 242 g/mol. The third-order valence-corrected chi connectivity index (χ3v) is 2.30. The van der Waals surface area contributed by atoms with E-state index >= 15 is 0 Å². The van der Waals surface area contributed by atoms with Gasteiger partial charge in [-0.2, -0.15) is 0 Å². The molecule has 4 heteroatoms. The van der Waals surface area contributed by atoms with Crippen molar-refractivity contribution < 1.29 is 14.3 Å². The fraction of sp³-hybridized carbons (Fsp3) is 0.467. The van der Waals surface area contributed by atoms with Gasteiger partial charge in [-0.1, -0.05) is 33.8 Å². The maximum absolute atomic E-state index is 11.5. The zero-order chi connectivity index (χ0) is 15.4. The van der Waals surface area contributed by atoms with Gasteiger partial charge in [-0.15, -0.1) is 0 Å². The molecule has 0 N–H and O–H groups in total. The second-order valence-corrected chi connectivity index (χ2v) is 3.18. The van der Waals surface area contributed by atoms with E-state index in [0.717, 1.165) is 16.9 Å². The summed E-state index contributed by atoms with van der Waals surface area (Å²) in [5, 5.41) is 0. The monoisotopic (exact) mass is 267 g/mol. The molecule has 0 atom stereocenters. The number of ether oxygens (including phenoxy) is 1. The van der Waals surface area contributed by atoms with Crippen LogP contribution in [-0.2, 0) is 11.3 Å². The quantitative estimate of drug-likeness (QED) is 0.785. The molecule has 1 aromatic rings. The van der Waals surface area contributed by atoms with Crippen LogP contribution in [0.5, 0.6) is 5.75 Å². The normalized spacial score (nSPS) is 10.8. The van der Waals surface area contributed by atoms with Crippen LogP contribution in [0.4, 0.5) is 0 Å². The number of hydrogen-bond acceptors (Lipinski definition) is 3. The van der Waals surface area contributed by atoms with E-state index in [1.54, 1.807) is 25.1 Å². The van der Waals surface area contributed by atoms with Gasteiger partial charge in [0, 0.05) is 19.2 Å². The Labute approximate surface area is 116 Å². The van der Waals surface area contributed by atoms with Crippen molar-refractivity contribution in [1.82, 2.24) is 4.90 Å². The summed E-state index contributed by atoms with van der Waals surface area (Å²) < 4.78 is 5.05. The molecule has 1 aromatic carbocycles. The molecule has 1 aliphatic heterocycles. The van der Waals surface area contributed by atoms with Gasteiger partial charge < -0.3 is 14.4 Å². The van der Waals surface area contributed by atoms with Crippen LogP contribution in [0, 0.1) is 0 Å². The van der Waals surface area contributed by atoms with Crippen LogP contribution in [0.3, 0.4) is 0 Å². The lowest BCUT2D eigenvalue weighted by molar-refractivity contribution is -0.0980. The van der Waals surface area contributed by atoms with Crippen molar-refractivity contribution in [1.29, 1.82) is 0 Å². The minimum absolute atomic E-state index is 0.0777. The minimum atomic E-state index is 0.0777. The Morgan fingerprint density at radius 3 is 2.16 bits per heavy atom. The molecule has 0 aromatic heterocycles. The number of fused-ring (bicyclic) bond motifs is 1. The van der Waals surface area contributed by atoms with Crippen molar-refractivity contribution in [2.45, 2.75) is 34.2 Å². The third-order valence-electron chi connectivity index (χ3n) is 2.30. The molecule has 19 heavy (non-hydrogen) atoms. The highest BCUT2D eigenvalue weighted by molar-refractivity contribution is 5.98. The molecule has 0 bridgehead atoms. The van der Waals surface area contributed by atoms with E-state index in [-0.39, 0.29) is 5.91 Å². The van der Waals surface area contributed by atoms with Gasteiger partial charge in [0.1, 0.15) is 12.5 Å². The topological polar surface area (TPSA) is 46.6 Å². The van der Waals surface area contributed by atoms with Crippen LogP contribution in [0.15, 0.2) is 18.2 Å². The molecular formula is C15H25NO3. The molecule has 108 valence electrons. The smallest absolute Gasteiger partial charge is 0.254 e. The van der Waals surface area contributed by atoms with Gasteiger partial charge in [-0.25, -0.2) is 0 Å². The fourth-order valence-electron chi connectivity index (χ4n) is 1.55. The van der Waals surface area contributed by atoms with Gasteiger partial charge in [0.05, 0.1) is 7.11 Å². The first-order chi connectivity index (χ1) is 9.22. The summed E-state index contributed by atoms with van der Waals surface area (Å²) >= 11 is 0. The zero-order valence-corrected chi connectivity index (χ0v) is 12.8. The van der Waals surface area contributed by atoms with E-state index in [9.17, 15) is 4.79 Å². The molecule has 1 amide bonds. The van der Waals surface area contributed by atoms with Gasteiger partial charge in [-0.3, -0.25) is 4.79 Å². The average Bonchev–Trinajstić information content (AvgIpc) is 2.80. The number of carbonyl (C=O) groups excluding carboxylic acids is 2. The maximum atomic E-state index is 11.5. The zero-order valence-electron chi connectivity index (χ0n) is 12.8. The summed E-state index contributed by atoms with van der Waals surface area (Å²) in [5.41, 5.74) is 1.84. The Hall–Kier alpha value is -1.84. The number of hydrogen-bond donors (Lipinski definition) is 0. The molecule has 0 fully saturated rings. The summed E-state index contributed by atoms with van der Waals surface area (Å²) in [5.74, 6) is 0.816. The van der Waals surface area contributed by atoms with Crippen molar-refractivity contribution in [3.63, 3.8) is 0 Å². The standard InChI is InChI=1S/C10H11NO2.2C2H6.CH2O/c1-11-6-7-3-4-8(13-2)5-9(7)10(11)12;3*1-2/h3-5H,6H2,1-2H3;2*1-2H3;1H2. The highest BCUT2D eigenvalue weighted by atomic mass is 16.5. The van der Waals surface area contributed by atoms with Crippen molar-refractivity contribution in [3.05, 3.63) is 29.3 Å². The molecule has 0 unspecified atom stereocenters. The fourth-order valence-corrected chi connectivity index (χ4v) is 1.55. The summed E-state index contributed by atoms with van der Waals surface area (Å²) in [6, 6.07) is 5.61. The molecule has 0 saturated carbocycles. The van der Waals surface area contributed by atoms with E-state index in [4.69, 9.17) is 9.53 Å². The van der Waals surface area contributed by atoms with E-state index in [1.165, 1.54) is 0 Å². The molecule has 1 heterocycles. The average molecular weight is 267 g/mol. The molecule has 2 rings (SSSR count). The molecule has 1 aliphatic rings. The number of nitrogens with zero attached hydrogens (tertiary/aromatic N) is 1. The summed E-state index contributed by atoms with van der Waals surface area (Å²) in [6.45, 7) is 10.7. The first kappa shape index (κ1) is 19.5. The van der Waals surface area contributed by atoms with Gasteiger partial charge in [0.15, 0.2) is 0 Å². The van der Waals surface area contributed by atoms with E-state index in [2.05, 4.69) is 0 Å². The number of methoxy groups -OCH3 is 1. The van der Waals surface area contributed by atoms with E-state index in [1.807, 2.05) is 46.6 Å². The SMILES string of the molecule is C=O.CC.CC.COc1ccc2c(c1)C(=O)N(C)C2. The van der Waals surface area contributed by atoms with Crippen molar-refractivity contribution in [2.24, 2.45) is 0 Å². The van der Waals surface area contributed by atoms with Crippen LogP contribution >= 0.6 is 0 Å². The molecule has 0 saturated heterocycles. The van der Waals surface area contributed by atoms with Crippen LogP contribution < -0.4 is 4.74 Å². The Balaban J connectivity index is 0. The second-order valence-electron chi connectivity index (χ2n) is 3.18. The van der Waals surface area contributed by atoms with Crippen molar-refractivity contribution in [3.8, 4) is 5.75 Å². The van der Waals surface area contributed by atoms with Crippen molar-refractivity contribution in [2.75, 3.05) is 14.2 Å². The van der Waals surface area contributed by atoms with Crippen LogP contribution in [-0.4, -0.2) is 31.8 Å². The predicted octanol–water partition coefficient (Wildman–Crippen LogP) is 3.15. The maximum Gasteiger partial charge on any atom is 0.254 e. The highest BCUT2D eigenvalue weighted by Crippen LogP contribution is 2.25. The van der Waals surface area contributed by atoms with Gasteiger partial charge in [0.2, 0.25) is 0 Å². The number of benzene rings is 1. The Morgan fingerprint density at radius 2 is 1.68 bits per heavy atom.